The van der Waals surface area contributed by atoms with Crippen molar-refractivity contribution >= 4 is 50.0 Å². The van der Waals surface area contributed by atoms with Crippen LogP contribution in [0.1, 0.15) is 20.9 Å². The molecule has 0 saturated heterocycles. The SMILES string of the molecule is Cc1[nH]c2ccccc2c1C(=O)/C(C#N)=C/c1cc(Br)cs1. The number of hydrogen-bond acceptors (Lipinski definition) is 3. The van der Waals surface area contributed by atoms with Crippen molar-refractivity contribution in [2.45, 2.75) is 6.92 Å². The molecular weight excluding hydrogens is 360 g/mol. The van der Waals surface area contributed by atoms with Gasteiger partial charge in [0.25, 0.3) is 0 Å². The van der Waals surface area contributed by atoms with Crippen LogP contribution in [0.3, 0.4) is 0 Å². The summed E-state index contributed by atoms with van der Waals surface area (Å²) in [6.45, 7) is 1.85. The molecule has 0 atom stereocenters. The second-order valence-corrected chi connectivity index (χ2v) is 6.70. The molecule has 3 nitrogen and oxygen atoms in total. The zero-order chi connectivity index (χ0) is 15.7. The van der Waals surface area contributed by atoms with E-state index in [0.29, 0.717) is 5.56 Å². The topological polar surface area (TPSA) is 56.6 Å². The van der Waals surface area contributed by atoms with Crippen molar-refractivity contribution in [3.63, 3.8) is 0 Å². The Morgan fingerprint density at radius 2 is 2.18 bits per heavy atom. The van der Waals surface area contributed by atoms with Crippen molar-refractivity contribution < 1.29 is 4.79 Å². The Balaban J connectivity index is 2.10. The molecule has 0 aliphatic rings. The number of nitrogens with zero attached hydrogens (tertiary/aromatic N) is 1. The summed E-state index contributed by atoms with van der Waals surface area (Å²) in [7, 11) is 0. The Labute approximate surface area is 140 Å². The number of H-pyrrole nitrogens is 1. The highest BCUT2D eigenvalue weighted by Gasteiger charge is 2.19. The molecule has 108 valence electrons. The van der Waals surface area contributed by atoms with E-state index in [9.17, 15) is 10.1 Å². The predicted molar refractivity (Wildman–Crippen MR) is 93.0 cm³/mol. The number of benzene rings is 1. The molecule has 0 bridgehead atoms. The van der Waals surface area contributed by atoms with Crippen molar-refractivity contribution in [2.75, 3.05) is 0 Å². The second-order valence-electron chi connectivity index (χ2n) is 4.84. The van der Waals surface area contributed by atoms with Crippen molar-refractivity contribution in [2.24, 2.45) is 0 Å². The predicted octanol–water partition coefficient (Wildman–Crippen LogP) is 5.09. The molecule has 1 N–H and O–H groups in total. The Morgan fingerprint density at radius 1 is 1.41 bits per heavy atom. The number of fused-ring (bicyclic) bond motifs is 1. The van der Waals surface area contributed by atoms with E-state index in [4.69, 9.17) is 0 Å². The number of carbonyl (C=O) groups excluding carboxylic acids is 1. The number of carbonyl (C=O) groups is 1. The maximum atomic E-state index is 12.8. The highest BCUT2D eigenvalue weighted by molar-refractivity contribution is 9.10. The van der Waals surface area contributed by atoms with Crippen LogP contribution in [0.5, 0.6) is 0 Å². The minimum absolute atomic E-state index is 0.141. The minimum Gasteiger partial charge on any atom is -0.358 e. The summed E-state index contributed by atoms with van der Waals surface area (Å²) < 4.78 is 0.941. The summed E-state index contributed by atoms with van der Waals surface area (Å²) >= 11 is 4.85. The molecule has 22 heavy (non-hydrogen) atoms. The van der Waals surface area contributed by atoms with Gasteiger partial charge >= 0.3 is 0 Å². The number of Topliss-reactive ketones (excluding diaryl/α,β-unsaturated/α-hetero) is 1. The second kappa shape index (κ2) is 5.91. The fourth-order valence-corrected chi connectivity index (χ4v) is 3.77. The number of para-hydroxylation sites is 1. The Kier molecular flexibility index (Phi) is 3.97. The lowest BCUT2D eigenvalue weighted by molar-refractivity contribution is 0.104. The van der Waals surface area contributed by atoms with Crippen molar-refractivity contribution in [3.8, 4) is 6.07 Å². The van der Waals surface area contributed by atoms with Gasteiger partial charge in [0, 0.05) is 31.3 Å². The maximum Gasteiger partial charge on any atom is 0.206 e. The molecule has 0 fully saturated rings. The summed E-state index contributed by atoms with van der Waals surface area (Å²) in [6, 6.07) is 11.5. The van der Waals surface area contributed by atoms with Gasteiger partial charge in [0.05, 0.1) is 5.56 Å². The van der Waals surface area contributed by atoms with Crippen LogP contribution in [0.2, 0.25) is 0 Å². The van der Waals surface area contributed by atoms with Gasteiger partial charge in [-0.05, 0) is 41.1 Å². The van der Waals surface area contributed by atoms with Gasteiger partial charge in [-0.3, -0.25) is 4.79 Å². The zero-order valence-corrected chi connectivity index (χ0v) is 14.1. The number of nitrogens with one attached hydrogen (secondary N) is 1. The van der Waals surface area contributed by atoms with Gasteiger partial charge in [-0.1, -0.05) is 18.2 Å². The molecule has 0 amide bonds. The molecule has 0 radical (unpaired) electrons. The highest BCUT2D eigenvalue weighted by atomic mass is 79.9. The fraction of sp³-hybridized carbons (Fsp3) is 0.0588. The number of thiophene rings is 1. The van der Waals surface area contributed by atoms with Gasteiger partial charge in [0.2, 0.25) is 5.78 Å². The molecular formula is C17H11BrN2OS. The van der Waals surface area contributed by atoms with Crippen molar-refractivity contribution in [1.82, 2.24) is 4.98 Å². The number of hydrogen-bond donors (Lipinski definition) is 1. The van der Waals surface area contributed by atoms with Crippen LogP contribution >= 0.6 is 27.3 Å². The number of allylic oxidation sites excluding steroid dienone is 1. The van der Waals surface area contributed by atoms with Crippen molar-refractivity contribution in [1.29, 1.82) is 5.26 Å². The molecule has 3 rings (SSSR count). The summed E-state index contributed by atoms with van der Waals surface area (Å²) in [5.74, 6) is -0.248. The molecule has 2 aromatic heterocycles. The van der Waals surface area contributed by atoms with E-state index in [-0.39, 0.29) is 11.4 Å². The lowest BCUT2D eigenvalue weighted by Gasteiger charge is -1.99. The van der Waals surface area contributed by atoms with Crippen LogP contribution in [0, 0.1) is 18.3 Å². The van der Waals surface area contributed by atoms with E-state index in [1.54, 1.807) is 6.08 Å². The minimum atomic E-state index is -0.248. The largest absolute Gasteiger partial charge is 0.358 e. The number of ketones is 1. The van der Waals surface area contributed by atoms with Gasteiger partial charge in [0.1, 0.15) is 11.6 Å². The van der Waals surface area contributed by atoms with Gasteiger partial charge < -0.3 is 4.98 Å². The first-order chi connectivity index (χ1) is 10.6. The first kappa shape index (κ1) is 14.8. The molecule has 0 spiro atoms. The number of halogens is 1. The third-order valence-electron chi connectivity index (χ3n) is 3.36. The number of aryl methyl sites for hydroxylation is 1. The van der Waals surface area contributed by atoms with Crippen LogP contribution in [0.4, 0.5) is 0 Å². The molecule has 0 saturated carbocycles. The first-order valence-corrected chi connectivity index (χ1v) is 8.25. The zero-order valence-electron chi connectivity index (χ0n) is 11.7. The first-order valence-electron chi connectivity index (χ1n) is 6.58. The van der Waals surface area contributed by atoms with E-state index in [2.05, 4.69) is 20.9 Å². The molecule has 0 unspecified atom stereocenters. The number of rotatable bonds is 3. The quantitative estimate of drug-likeness (QED) is 0.396. The summed E-state index contributed by atoms with van der Waals surface area (Å²) in [4.78, 5) is 16.8. The molecule has 5 heteroatoms. The number of nitriles is 1. The molecule has 0 aliphatic carbocycles. The number of aromatic amines is 1. The molecule has 3 aromatic rings. The third kappa shape index (κ3) is 2.63. The van der Waals surface area contributed by atoms with E-state index >= 15 is 0 Å². The summed E-state index contributed by atoms with van der Waals surface area (Å²) in [5.41, 5.74) is 2.39. The molecule has 0 aliphatic heterocycles. The monoisotopic (exact) mass is 370 g/mol. The molecule has 1 aromatic carbocycles. The van der Waals surface area contributed by atoms with Crippen LogP contribution in [0.15, 0.2) is 45.8 Å². The van der Waals surface area contributed by atoms with Crippen LogP contribution in [0.25, 0.3) is 17.0 Å². The van der Waals surface area contributed by atoms with Gasteiger partial charge in [0.15, 0.2) is 0 Å². The average molecular weight is 371 g/mol. The Hall–Kier alpha value is -2.16. The maximum absolute atomic E-state index is 12.8. The van der Waals surface area contributed by atoms with Gasteiger partial charge in [-0.25, -0.2) is 0 Å². The van der Waals surface area contributed by atoms with Crippen molar-refractivity contribution in [3.05, 3.63) is 61.9 Å². The van der Waals surface area contributed by atoms with Gasteiger partial charge in [-0.2, -0.15) is 5.26 Å². The van der Waals surface area contributed by atoms with Gasteiger partial charge in [-0.15, -0.1) is 11.3 Å². The smallest absolute Gasteiger partial charge is 0.206 e. The fourth-order valence-electron chi connectivity index (χ4n) is 2.40. The van der Waals surface area contributed by atoms with E-state index in [1.807, 2.05) is 48.7 Å². The Bertz CT molecular complexity index is 943. The summed E-state index contributed by atoms with van der Waals surface area (Å²) in [6.07, 6.45) is 1.64. The number of aromatic nitrogens is 1. The Morgan fingerprint density at radius 3 is 2.86 bits per heavy atom. The highest BCUT2D eigenvalue weighted by Crippen LogP contribution is 2.27. The summed E-state index contributed by atoms with van der Waals surface area (Å²) in [5, 5.41) is 12.1. The van der Waals surface area contributed by atoms with Crippen LogP contribution in [-0.4, -0.2) is 10.8 Å². The van der Waals surface area contributed by atoms with E-state index in [0.717, 1.165) is 25.9 Å². The normalized spacial score (nSPS) is 11.6. The van der Waals surface area contributed by atoms with E-state index < -0.39 is 0 Å². The van der Waals surface area contributed by atoms with E-state index in [1.165, 1.54) is 11.3 Å². The lowest BCUT2D eigenvalue weighted by atomic mass is 10.0. The standard InChI is InChI=1S/C17H11BrN2OS/c1-10-16(14-4-2-3-5-15(14)20-10)17(21)11(8-19)6-13-7-12(18)9-22-13/h2-7,9,20H,1H3/b11-6+. The van der Waals surface area contributed by atoms with Crippen LogP contribution in [-0.2, 0) is 0 Å². The average Bonchev–Trinajstić information content (AvgIpc) is 3.06. The third-order valence-corrected chi connectivity index (χ3v) is 5.00. The lowest BCUT2D eigenvalue weighted by Crippen LogP contribution is -2.03. The molecule has 2 heterocycles. The van der Waals surface area contributed by atoms with Crippen LogP contribution < -0.4 is 0 Å².